The lowest BCUT2D eigenvalue weighted by Gasteiger charge is -2.28. The fourth-order valence-electron chi connectivity index (χ4n) is 1.85. The highest BCUT2D eigenvalue weighted by Crippen LogP contribution is 2.16. The van der Waals surface area contributed by atoms with Gasteiger partial charge in [0.1, 0.15) is 0 Å². The number of hydrogen-bond donors (Lipinski definition) is 2. The topological polar surface area (TPSA) is 58.7 Å². The van der Waals surface area contributed by atoms with E-state index in [-0.39, 0.29) is 0 Å². The Balaban J connectivity index is 1.91. The van der Waals surface area contributed by atoms with Crippen molar-refractivity contribution >= 4 is 5.69 Å². The average molecular weight is 222 g/mol. The van der Waals surface area contributed by atoms with Gasteiger partial charge in [-0.05, 0) is 17.7 Å². The molecule has 0 aliphatic carbocycles. The van der Waals surface area contributed by atoms with E-state index in [2.05, 4.69) is 4.90 Å². The van der Waals surface area contributed by atoms with E-state index in [1.54, 1.807) is 0 Å². The Labute approximate surface area is 95.6 Å². The Hall–Kier alpha value is -1.10. The maximum absolute atomic E-state index is 10.0. The van der Waals surface area contributed by atoms with Crippen molar-refractivity contribution in [1.82, 2.24) is 4.90 Å². The molecule has 1 saturated heterocycles. The van der Waals surface area contributed by atoms with E-state index in [4.69, 9.17) is 10.5 Å². The minimum Gasteiger partial charge on any atom is -0.399 e. The summed E-state index contributed by atoms with van der Waals surface area (Å²) in [5.74, 6) is 0. The van der Waals surface area contributed by atoms with Gasteiger partial charge in [0.15, 0.2) is 0 Å². The van der Waals surface area contributed by atoms with Crippen LogP contribution in [0, 0.1) is 0 Å². The lowest BCUT2D eigenvalue weighted by molar-refractivity contribution is 0.0143. The molecular formula is C12H18N2O2. The van der Waals surface area contributed by atoms with Crippen LogP contribution in [0.15, 0.2) is 24.3 Å². The zero-order valence-corrected chi connectivity index (χ0v) is 9.30. The molecule has 2 rings (SSSR count). The van der Waals surface area contributed by atoms with Gasteiger partial charge < -0.3 is 15.6 Å². The molecule has 0 radical (unpaired) electrons. The molecule has 1 aliphatic heterocycles. The quantitative estimate of drug-likeness (QED) is 0.737. The molecule has 0 spiro atoms. The first-order valence-corrected chi connectivity index (χ1v) is 5.59. The van der Waals surface area contributed by atoms with Crippen molar-refractivity contribution in [2.45, 2.75) is 6.10 Å². The smallest absolute Gasteiger partial charge is 0.0916 e. The molecule has 0 bridgehead atoms. The molecule has 4 heteroatoms. The largest absolute Gasteiger partial charge is 0.399 e. The number of anilines is 1. The number of aliphatic hydroxyl groups excluding tert-OH is 1. The number of β-amino-alcohol motifs (C(OH)–C–C–N with tert-alkyl or cyclic N) is 1. The van der Waals surface area contributed by atoms with Crippen LogP contribution < -0.4 is 5.73 Å². The third kappa shape index (κ3) is 2.95. The van der Waals surface area contributed by atoms with Crippen molar-refractivity contribution < 1.29 is 9.84 Å². The van der Waals surface area contributed by atoms with Gasteiger partial charge in [-0.15, -0.1) is 0 Å². The molecule has 0 amide bonds. The van der Waals surface area contributed by atoms with Crippen molar-refractivity contribution in [1.29, 1.82) is 0 Å². The maximum Gasteiger partial charge on any atom is 0.0916 e. The molecule has 1 aromatic rings. The third-order valence-corrected chi connectivity index (χ3v) is 2.86. The van der Waals surface area contributed by atoms with E-state index in [0.717, 1.165) is 37.6 Å². The Morgan fingerprint density at radius 3 is 2.50 bits per heavy atom. The van der Waals surface area contributed by atoms with Crippen LogP contribution in [-0.2, 0) is 4.74 Å². The van der Waals surface area contributed by atoms with Gasteiger partial charge in [0.2, 0.25) is 0 Å². The maximum atomic E-state index is 10.0. The van der Waals surface area contributed by atoms with Gasteiger partial charge in [-0.1, -0.05) is 12.1 Å². The SMILES string of the molecule is Nc1ccc([C@H](O)CN2CCOCC2)cc1. The van der Waals surface area contributed by atoms with Crippen LogP contribution in [0.4, 0.5) is 5.69 Å². The van der Waals surface area contributed by atoms with Gasteiger partial charge in [0.05, 0.1) is 19.3 Å². The number of nitrogens with zero attached hydrogens (tertiary/aromatic N) is 1. The first-order valence-electron chi connectivity index (χ1n) is 5.59. The second-order valence-corrected chi connectivity index (χ2v) is 4.10. The number of aliphatic hydroxyl groups is 1. The highest BCUT2D eigenvalue weighted by Gasteiger charge is 2.15. The highest BCUT2D eigenvalue weighted by atomic mass is 16.5. The molecule has 1 aromatic carbocycles. The summed E-state index contributed by atoms with van der Waals surface area (Å²) in [7, 11) is 0. The molecular weight excluding hydrogens is 204 g/mol. The Morgan fingerprint density at radius 1 is 1.25 bits per heavy atom. The lowest BCUT2D eigenvalue weighted by atomic mass is 10.1. The molecule has 0 saturated carbocycles. The summed E-state index contributed by atoms with van der Waals surface area (Å²) >= 11 is 0. The summed E-state index contributed by atoms with van der Waals surface area (Å²) in [6, 6.07) is 7.39. The molecule has 1 aliphatic rings. The van der Waals surface area contributed by atoms with Crippen LogP contribution in [0.1, 0.15) is 11.7 Å². The number of benzene rings is 1. The van der Waals surface area contributed by atoms with Gasteiger partial charge in [0.25, 0.3) is 0 Å². The second-order valence-electron chi connectivity index (χ2n) is 4.10. The van der Waals surface area contributed by atoms with Crippen LogP contribution in [0.2, 0.25) is 0 Å². The fourth-order valence-corrected chi connectivity index (χ4v) is 1.85. The zero-order chi connectivity index (χ0) is 11.4. The average Bonchev–Trinajstić information content (AvgIpc) is 2.31. The molecule has 1 atom stereocenters. The minimum absolute atomic E-state index is 0.446. The fraction of sp³-hybridized carbons (Fsp3) is 0.500. The van der Waals surface area contributed by atoms with Crippen LogP contribution >= 0.6 is 0 Å². The number of hydrogen-bond acceptors (Lipinski definition) is 4. The van der Waals surface area contributed by atoms with Crippen LogP contribution in [-0.4, -0.2) is 42.9 Å². The van der Waals surface area contributed by atoms with Crippen molar-refractivity contribution in [2.24, 2.45) is 0 Å². The van der Waals surface area contributed by atoms with E-state index in [1.807, 2.05) is 24.3 Å². The van der Waals surface area contributed by atoms with Crippen molar-refractivity contribution in [3.63, 3.8) is 0 Å². The Bertz CT molecular complexity index is 320. The molecule has 4 nitrogen and oxygen atoms in total. The summed E-state index contributed by atoms with van der Waals surface area (Å²) in [4.78, 5) is 2.21. The summed E-state index contributed by atoms with van der Waals surface area (Å²) in [5.41, 5.74) is 7.24. The number of morpholine rings is 1. The van der Waals surface area contributed by atoms with Gasteiger partial charge in [-0.25, -0.2) is 0 Å². The van der Waals surface area contributed by atoms with Gasteiger partial charge in [-0.3, -0.25) is 4.90 Å². The van der Waals surface area contributed by atoms with Crippen LogP contribution in [0.5, 0.6) is 0 Å². The van der Waals surface area contributed by atoms with E-state index < -0.39 is 6.10 Å². The number of ether oxygens (including phenoxy) is 1. The van der Waals surface area contributed by atoms with E-state index in [1.165, 1.54) is 0 Å². The normalized spacial score (nSPS) is 19.6. The van der Waals surface area contributed by atoms with Crippen molar-refractivity contribution in [3.8, 4) is 0 Å². The highest BCUT2D eigenvalue weighted by molar-refractivity contribution is 5.39. The van der Waals surface area contributed by atoms with Gasteiger partial charge in [0, 0.05) is 25.3 Å². The Morgan fingerprint density at radius 2 is 1.88 bits per heavy atom. The van der Waals surface area contributed by atoms with Gasteiger partial charge in [-0.2, -0.15) is 0 Å². The van der Waals surface area contributed by atoms with Crippen molar-refractivity contribution in [2.75, 3.05) is 38.6 Å². The van der Waals surface area contributed by atoms with Gasteiger partial charge >= 0.3 is 0 Å². The predicted octanol–water partition coefficient (Wildman–Crippen LogP) is 0.634. The molecule has 88 valence electrons. The molecule has 3 N–H and O–H groups in total. The molecule has 0 unspecified atom stereocenters. The van der Waals surface area contributed by atoms with Crippen LogP contribution in [0.3, 0.4) is 0 Å². The Kier molecular flexibility index (Phi) is 3.77. The summed E-state index contributed by atoms with van der Waals surface area (Å²) in [6.07, 6.45) is -0.446. The van der Waals surface area contributed by atoms with E-state index >= 15 is 0 Å². The number of nitrogen functional groups attached to an aromatic ring is 1. The first-order chi connectivity index (χ1) is 7.75. The first kappa shape index (κ1) is 11.4. The standard InChI is InChI=1S/C12H18N2O2/c13-11-3-1-10(2-4-11)12(15)9-14-5-7-16-8-6-14/h1-4,12,15H,5-9,13H2/t12-/m1/s1. The monoisotopic (exact) mass is 222 g/mol. The molecule has 0 aromatic heterocycles. The van der Waals surface area contributed by atoms with Crippen molar-refractivity contribution in [3.05, 3.63) is 29.8 Å². The summed E-state index contributed by atoms with van der Waals surface area (Å²) < 4.78 is 5.26. The third-order valence-electron chi connectivity index (χ3n) is 2.86. The van der Waals surface area contributed by atoms with Crippen LogP contribution in [0.25, 0.3) is 0 Å². The summed E-state index contributed by atoms with van der Waals surface area (Å²) in [6.45, 7) is 3.97. The zero-order valence-electron chi connectivity index (χ0n) is 9.30. The lowest BCUT2D eigenvalue weighted by Crippen LogP contribution is -2.38. The van der Waals surface area contributed by atoms with E-state index in [9.17, 15) is 5.11 Å². The molecule has 16 heavy (non-hydrogen) atoms. The number of nitrogens with two attached hydrogens (primary N) is 1. The molecule has 1 fully saturated rings. The number of rotatable bonds is 3. The summed E-state index contributed by atoms with van der Waals surface area (Å²) in [5, 5.41) is 10.0. The van der Waals surface area contributed by atoms with E-state index in [0.29, 0.717) is 6.54 Å². The second kappa shape index (κ2) is 5.30. The molecule has 1 heterocycles. The predicted molar refractivity (Wildman–Crippen MR) is 63.1 cm³/mol. The minimum atomic E-state index is -0.446.